The molecule has 0 saturated heterocycles. The number of rotatable bonds is 9. The number of allylic oxidation sites excluding steroid dienone is 2. The van der Waals surface area contributed by atoms with Crippen molar-refractivity contribution in [2.75, 3.05) is 6.54 Å². The van der Waals surface area contributed by atoms with Crippen LogP contribution in [0.5, 0.6) is 0 Å². The number of nitrogens with one attached hydrogen (secondary N) is 2. The first-order chi connectivity index (χ1) is 11.6. The van der Waals surface area contributed by atoms with Crippen molar-refractivity contribution in [1.82, 2.24) is 5.32 Å². The van der Waals surface area contributed by atoms with E-state index in [0.29, 0.717) is 17.5 Å². The minimum atomic E-state index is 0.335. The molecule has 0 heterocycles. The maximum Gasteiger partial charge on any atom is 0.0863 e. The molecular weight excluding hydrogens is 296 g/mol. The Morgan fingerprint density at radius 2 is 2.08 bits per heavy atom. The molecule has 1 aromatic carbocycles. The topological polar surface area (TPSA) is 74.3 Å². The summed E-state index contributed by atoms with van der Waals surface area (Å²) in [5, 5.41) is 11.0. The molecule has 4 nitrogen and oxygen atoms in total. The molecule has 24 heavy (non-hydrogen) atoms. The summed E-state index contributed by atoms with van der Waals surface area (Å²) in [7, 11) is 0. The van der Waals surface area contributed by atoms with Gasteiger partial charge in [-0.1, -0.05) is 36.9 Å². The van der Waals surface area contributed by atoms with Gasteiger partial charge in [-0.15, -0.1) is 0 Å². The quantitative estimate of drug-likeness (QED) is 0.369. The summed E-state index contributed by atoms with van der Waals surface area (Å²) in [6, 6.07) is 10.8. The van der Waals surface area contributed by atoms with Gasteiger partial charge >= 0.3 is 0 Å². The highest BCUT2D eigenvalue weighted by Gasteiger charge is 2.19. The van der Waals surface area contributed by atoms with E-state index in [1.165, 1.54) is 18.2 Å². The molecule has 1 aromatic rings. The van der Waals surface area contributed by atoms with E-state index < -0.39 is 0 Å². The maximum atomic E-state index is 7.68. The van der Waals surface area contributed by atoms with Crippen LogP contribution in [0.1, 0.15) is 38.2 Å². The van der Waals surface area contributed by atoms with Gasteiger partial charge in [0.05, 0.1) is 11.8 Å². The highest BCUT2D eigenvalue weighted by molar-refractivity contribution is 6.38. The Bertz CT molecular complexity index is 620. The largest absolute Gasteiger partial charge is 0.402 e. The molecule has 1 aliphatic carbocycles. The Kier molecular flexibility index (Phi) is 6.79. The highest BCUT2D eigenvalue weighted by atomic mass is 14.9. The first-order valence-electron chi connectivity index (χ1n) is 8.64. The molecule has 4 heteroatoms. The van der Waals surface area contributed by atoms with Crippen LogP contribution in [0.25, 0.3) is 0 Å². The second-order valence-electron chi connectivity index (χ2n) is 6.30. The van der Waals surface area contributed by atoms with Crippen LogP contribution in [-0.4, -0.2) is 24.5 Å². The van der Waals surface area contributed by atoms with Crippen LogP contribution in [0.3, 0.4) is 0 Å². The predicted molar refractivity (Wildman–Crippen MR) is 103 cm³/mol. The standard InChI is InChI=1S/C20H28N4/c1-15(22)20(19(14-21)24-18-11-6-12-18)16(2)23-13-7-10-17-8-4-3-5-9-17/h3-5,8-9,14,18,21,23H,2,6-7,10-13,22H2,1H3. The van der Waals surface area contributed by atoms with Gasteiger partial charge in [0.25, 0.3) is 0 Å². The lowest BCUT2D eigenvalue weighted by molar-refractivity contribution is 0.421. The monoisotopic (exact) mass is 324 g/mol. The van der Waals surface area contributed by atoms with Gasteiger partial charge in [-0.05, 0) is 44.6 Å². The van der Waals surface area contributed by atoms with Crippen LogP contribution >= 0.6 is 0 Å². The molecule has 0 aliphatic heterocycles. The summed E-state index contributed by atoms with van der Waals surface area (Å²) >= 11 is 0. The number of nitrogens with zero attached hydrogens (tertiary/aromatic N) is 1. The fourth-order valence-corrected chi connectivity index (χ4v) is 2.75. The molecule has 0 amide bonds. The van der Waals surface area contributed by atoms with E-state index in [4.69, 9.17) is 11.1 Å². The zero-order valence-corrected chi connectivity index (χ0v) is 14.5. The third-order valence-electron chi connectivity index (χ3n) is 4.31. The zero-order valence-electron chi connectivity index (χ0n) is 14.5. The van der Waals surface area contributed by atoms with E-state index >= 15 is 0 Å². The van der Waals surface area contributed by atoms with E-state index in [9.17, 15) is 0 Å². The SMILES string of the molecule is C=C(NCCCc1ccccc1)C(C(C=N)=NC1CCC1)=C(C)N. The van der Waals surface area contributed by atoms with Crippen molar-refractivity contribution in [3.05, 3.63) is 59.4 Å². The van der Waals surface area contributed by atoms with Crippen molar-refractivity contribution >= 4 is 11.9 Å². The number of nitrogens with two attached hydrogens (primary N) is 1. The van der Waals surface area contributed by atoms with E-state index in [2.05, 4.69) is 41.2 Å². The fraction of sp³-hybridized carbons (Fsp3) is 0.400. The Morgan fingerprint density at radius 1 is 1.38 bits per heavy atom. The Morgan fingerprint density at radius 3 is 2.62 bits per heavy atom. The normalized spacial score (nSPS) is 16.1. The Hall–Kier alpha value is -2.36. The molecule has 0 spiro atoms. The second kappa shape index (κ2) is 9.06. The number of aliphatic imine (C=N–C) groups is 1. The summed E-state index contributed by atoms with van der Waals surface area (Å²) in [4.78, 5) is 4.65. The first-order valence-corrected chi connectivity index (χ1v) is 8.64. The highest BCUT2D eigenvalue weighted by Crippen LogP contribution is 2.23. The summed E-state index contributed by atoms with van der Waals surface area (Å²) in [5.41, 5.74) is 10.2. The van der Waals surface area contributed by atoms with Gasteiger partial charge in [0, 0.05) is 29.7 Å². The third-order valence-corrected chi connectivity index (χ3v) is 4.31. The minimum absolute atomic E-state index is 0.335. The van der Waals surface area contributed by atoms with Crippen LogP contribution in [-0.2, 0) is 6.42 Å². The predicted octanol–water partition coefficient (Wildman–Crippen LogP) is 3.60. The molecule has 0 atom stereocenters. The van der Waals surface area contributed by atoms with Crippen molar-refractivity contribution in [1.29, 1.82) is 5.41 Å². The average molecular weight is 324 g/mol. The first kappa shape index (κ1) is 18.0. The number of hydrogen-bond acceptors (Lipinski definition) is 4. The molecule has 0 bridgehead atoms. The van der Waals surface area contributed by atoms with Crippen LogP contribution in [0, 0.1) is 5.41 Å². The molecule has 0 aromatic heterocycles. The lowest BCUT2D eigenvalue weighted by atomic mass is 9.93. The molecule has 4 N–H and O–H groups in total. The number of hydrogen-bond donors (Lipinski definition) is 3. The Balaban J connectivity index is 1.90. The van der Waals surface area contributed by atoms with E-state index in [1.54, 1.807) is 0 Å². The number of benzene rings is 1. The molecular formula is C20H28N4. The molecule has 1 aliphatic rings. The van der Waals surface area contributed by atoms with E-state index in [1.807, 2.05) is 13.0 Å². The Labute approximate surface area is 145 Å². The number of aryl methyl sites for hydroxylation is 1. The van der Waals surface area contributed by atoms with Crippen molar-refractivity contribution in [3.8, 4) is 0 Å². The van der Waals surface area contributed by atoms with Gasteiger partial charge < -0.3 is 16.5 Å². The lowest BCUT2D eigenvalue weighted by Gasteiger charge is -2.23. The fourth-order valence-electron chi connectivity index (χ4n) is 2.75. The molecule has 128 valence electrons. The minimum Gasteiger partial charge on any atom is -0.402 e. The molecule has 1 saturated carbocycles. The van der Waals surface area contributed by atoms with Crippen molar-refractivity contribution < 1.29 is 0 Å². The molecule has 1 fully saturated rings. The van der Waals surface area contributed by atoms with Gasteiger partial charge in [0.2, 0.25) is 0 Å². The molecule has 0 radical (unpaired) electrons. The summed E-state index contributed by atoms with van der Waals surface area (Å²) in [6.07, 6.45) is 6.76. The van der Waals surface area contributed by atoms with Gasteiger partial charge in [-0.3, -0.25) is 4.99 Å². The van der Waals surface area contributed by atoms with Gasteiger partial charge in [0.1, 0.15) is 0 Å². The van der Waals surface area contributed by atoms with E-state index in [-0.39, 0.29) is 0 Å². The van der Waals surface area contributed by atoms with Crippen molar-refractivity contribution in [2.24, 2.45) is 10.7 Å². The van der Waals surface area contributed by atoms with Gasteiger partial charge in [0.15, 0.2) is 0 Å². The molecule has 0 unspecified atom stereocenters. The van der Waals surface area contributed by atoms with Crippen LogP contribution in [0.2, 0.25) is 0 Å². The van der Waals surface area contributed by atoms with Crippen molar-refractivity contribution in [3.63, 3.8) is 0 Å². The summed E-state index contributed by atoms with van der Waals surface area (Å²) < 4.78 is 0. The van der Waals surface area contributed by atoms with Crippen LogP contribution in [0.15, 0.2) is 58.9 Å². The second-order valence-corrected chi connectivity index (χ2v) is 6.30. The average Bonchev–Trinajstić information content (AvgIpc) is 2.54. The van der Waals surface area contributed by atoms with Crippen molar-refractivity contribution in [2.45, 2.75) is 45.1 Å². The zero-order chi connectivity index (χ0) is 17.4. The molecule has 2 rings (SSSR count). The van der Waals surface area contributed by atoms with Gasteiger partial charge in [-0.25, -0.2) is 0 Å². The summed E-state index contributed by atoms with van der Waals surface area (Å²) in [5.74, 6) is 0. The third kappa shape index (κ3) is 5.08. The van der Waals surface area contributed by atoms with E-state index in [0.717, 1.165) is 43.5 Å². The van der Waals surface area contributed by atoms with Crippen LogP contribution < -0.4 is 11.1 Å². The van der Waals surface area contributed by atoms with Gasteiger partial charge in [-0.2, -0.15) is 0 Å². The lowest BCUT2D eigenvalue weighted by Crippen LogP contribution is -2.25. The smallest absolute Gasteiger partial charge is 0.0863 e. The maximum absolute atomic E-state index is 7.68. The van der Waals surface area contributed by atoms with Crippen LogP contribution in [0.4, 0.5) is 0 Å². The summed E-state index contributed by atoms with van der Waals surface area (Å²) in [6.45, 7) is 6.77.